The topological polar surface area (TPSA) is 96.2 Å². The highest BCUT2D eigenvalue weighted by atomic mass is 19.1. The number of ether oxygens (including phenoxy) is 1. The van der Waals surface area contributed by atoms with Gasteiger partial charge in [-0.2, -0.15) is 5.26 Å². The average molecular weight is 412 g/mol. The molecule has 0 saturated heterocycles. The van der Waals surface area contributed by atoms with Crippen LogP contribution in [0.25, 0.3) is 6.08 Å². The van der Waals surface area contributed by atoms with Crippen LogP contribution < -0.4 is 10.6 Å². The first kappa shape index (κ1) is 22.7. The van der Waals surface area contributed by atoms with E-state index in [2.05, 4.69) is 33.8 Å². The molecule has 1 heterocycles. The lowest BCUT2D eigenvalue weighted by molar-refractivity contribution is -0.112. The largest absolute Gasteiger partial charge is 0.453 e. The van der Waals surface area contributed by atoms with Crippen molar-refractivity contribution in [3.05, 3.63) is 52.6 Å². The summed E-state index contributed by atoms with van der Waals surface area (Å²) in [4.78, 5) is 23.9. The molecule has 2 amide bonds. The Morgan fingerprint density at radius 1 is 1.27 bits per heavy atom. The van der Waals surface area contributed by atoms with Gasteiger partial charge in [0.2, 0.25) is 0 Å². The van der Waals surface area contributed by atoms with Crippen LogP contribution in [0.4, 0.5) is 20.6 Å². The molecule has 158 valence electrons. The molecule has 0 aliphatic heterocycles. The number of halogens is 1. The standard InChI is InChI=1S/C22H25FN4O3/c1-13(2)12-27-14(3)8-16(15(27)4)9-17(11-24)21(28)25-18-6-7-19(23)20(10-18)26-22(29)30-5/h6-10,13H,12H2,1-5H3,(H,25,28)(H,26,29)/b17-9+. The van der Waals surface area contributed by atoms with Gasteiger partial charge in [0.15, 0.2) is 0 Å². The number of aromatic nitrogens is 1. The Kier molecular flexibility index (Phi) is 7.37. The first-order valence-electron chi connectivity index (χ1n) is 9.40. The van der Waals surface area contributed by atoms with E-state index in [0.717, 1.165) is 36.7 Å². The van der Waals surface area contributed by atoms with Crippen LogP contribution in [0.2, 0.25) is 0 Å². The van der Waals surface area contributed by atoms with Crippen molar-refractivity contribution in [1.29, 1.82) is 5.26 Å². The van der Waals surface area contributed by atoms with Crippen molar-refractivity contribution in [2.45, 2.75) is 34.2 Å². The van der Waals surface area contributed by atoms with Crippen LogP contribution in [0.3, 0.4) is 0 Å². The van der Waals surface area contributed by atoms with Gasteiger partial charge in [0.25, 0.3) is 5.91 Å². The minimum atomic E-state index is -0.841. The minimum absolute atomic E-state index is 0.0911. The maximum absolute atomic E-state index is 13.8. The number of aryl methyl sites for hydroxylation is 1. The predicted octanol–water partition coefficient (Wildman–Crippen LogP) is 4.62. The van der Waals surface area contributed by atoms with Crippen LogP contribution in [0, 0.1) is 36.9 Å². The Morgan fingerprint density at radius 3 is 2.57 bits per heavy atom. The lowest BCUT2D eigenvalue weighted by atomic mass is 10.1. The minimum Gasteiger partial charge on any atom is -0.453 e. The second-order valence-electron chi connectivity index (χ2n) is 7.27. The summed E-state index contributed by atoms with van der Waals surface area (Å²) < 4.78 is 20.4. The molecule has 0 aliphatic carbocycles. The van der Waals surface area contributed by atoms with Crippen molar-refractivity contribution >= 4 is 29.5 Å². The number of nitrogens with one attached hydrogen (secondary N) is 2. The van der Waals surface area contributed by atoms with Crippen LogP contribution in [-0.2, 0) is 16.1 Å². The summed E-state index contributed by atoms with van der Waals surface area (Å²) in [5, 5.41) is 14.2. The van der Waals surface area contributed by atoms with Gasteiger partial charge in [0, 0.05) is 23.6 Å². The van der Waals surface area contributed by atoms with E-state index >= 15 is 0 Å². The molecule has 0 radical (unpaired) electrons. The maximum atomic E-state index is 13.8. The van der Waals surface area contributed by atoms with Gasteiger partial charge in [-0.15, -0.1) is 0 Å². The van der Waals surface area contributed by atoms with E-state index in [1.807, 2.05) is 26.0 Å². The first-order valence-corrected chi connectivity index (χ1v) is 9.40. The zero-order chi connectivity index (χ0) is 22.4. The van der Waals surface area contributed by atoms with E-state index in [-0.39, 0.29) is 16.9 Å². The molecule has 2 N–H and O–H groups in total. The highest BCUT2D eigenvalue weighted by molar-refractivity contribution is 6.10. The summed E-state index contributed by atoms with van der Waals surface area (Å²) in [6.45, 7) is 9.00. The summed E-state index contributed by atoms with van der Waals surface area (Å²) in [5.41, 5.74) is 2.77. The number of nitriles is 1. The summed E-state index contributed by atoms with van der Waals surface area (Å²) >= 11 is 0. The molecule has 30 heavy (non-hydrogen) atoms. The Balaban J connectivity index is 2.27. The Bertz CT molecular complexity index is 1030. The fourth-order valence-electron chi connectivity index (χ4n) is 2.98. The normalized spacial score (nSPS) is 11.2. The molecular formula is C22H25FN4O3. The quantitative estimate of drug-likeness (QED) is 0.534. The van der Waals surface area contributed by atoms with E-state index in [9.17, 15) is 19.2 Å². The van der Waals surface area contributed by atoms with E-state index < -0.39 is 17.8 Å². The Hall–Kier alpha value is -3.60. The molecule has 0 spiro atoms. The Morgan fingerprint density at radius 2 is 1.97 bits per heavy atom. The monoisotopic (exact) mass is 412 g/mol. The molecule has 7 nitrogen and oxygen atoms in total. The van der Waals surface area contributed by atoms with E-state index in [4.69, 9.17) is 0 Å². The molecule has 2 aromatic rings. The number of nitrogens with zero attached hydrogens (tertiary/aromatic N) is 2. The fourth-order valence-corrected chi connectivity index (χ4v) is 2.98. The van der Waals surface area contributed by atoms with Crippen molar-refractivity contribution in [3.63, 3.8) is 0 Å². The SMILES string of the molecule is COC(=O)Nc1cc(NC(=O)/C(C#N)=C/c2cc(C)n(CC(C)C)c2C)ccc1F. The van der Waals surface area contributed by atoms with Gasteiger partial charge in [0.1, 0.15) is 17.5 Å². The molecule has 1 aromatic carbocycles. The Labute approximate surface area is 175 Å². The van der Waals surface area contributed by atoms with Gasteiger partial charge in [0.05, 0.1) is 12.8 Å². The van der Waals surface area contributed by atoms with Crippen LogP contribution in [0.5, 0.6) is 0 Å². The van der Waals surface area contributed by atoms with Crippen LogP contribution in [0.1, 0.15) is 30.8 Å². The third kappa shape index (κ3) is 5.47. The lowest BCUT2D eigenvalue weighted by Crippen LogP contribution is -2.15. The zero-order valence-electron chi connectivity index (χ0n) is 17.7. The number of hydrogen-bond acceptors (Lipinski definition) is 4. The lowest BCUT2D eigenvalue weighted by Gasteiger charge is -2.12. The van der Waals surface area contributed by atoms with Crippen LogP contribution in [-0.4, -0.2) is 23.7 Å². The van der Waals surface area contributed by atoms with Gasteiger partial charge >= 0.3 is 6.09 Å². The van der Waals surface area contributed by atoms with Crippen LogP contribution >= 0.6 is 0 Å². The third-order valence-electron chi connectivity index (χ3n) is 4.47. The molecular weight excluding hydrogens is 387 g/mol. The second-order valence-corrected chi connectivity index (χ2v) is 7.27. The summed E-state index contributed by atoms with van der Waals surface area (Å²) in [5.74, 6) is -0.870. The molecule has 0 fully saturated rings. The summed E-state index contributed by atoms with van der Waals surface area (Å²) in [7, 11) is 1.15. The zero-order valence-corrected chi connectivity index (χ0v) is 17.7. The van der Waals surface area contributed by atoms with Crippen molar-refractivity contribution in [2.24, 2.45) is 5.92 Å². The predicted molar refractivity (Wildman–Crippen MR) is 113 cm³/mol. The number of amides is 2. The van der Waals surface area contributed by atoms with E-state index in [1.165, 1.54) is 18.2 Å². The molecule has 8 heteroatoms. The average Bonchev–Trinajstić information content (AvgIpc) is 2.95. The number of carbonyl (C=O) groups excluding carboxylic acids is 2. The van der Waals surface area contributed by atoms with Gasteiger partial charge in [-0.1, -0.05) is 13.8 Å². The molecule has 0 saturated carbocycles. The number of carbonyl (C=O) groups is 2. The smallest absolute Gasteiger partial charge is 0.411 e. The molecule has 0 unspecified atom stereocenters. The molecule has 2 rings (SSSR count). The van der Waals surface area contributed by atoms with Gasteiger partial charge in [-0.05, 0) is 55.7 Å². The number of hydrogen-bond donors (Lipinski definition) is 2. The third-order valence-corrected chi connectivity index (χ3v) is 4.47. The highest BCUT2D eigenvalue weighted by Gasteiger charge is 2.15. The fraction of sp³-hybridized carbons (Fsp3) is 0.318. The van der Waals surface area contributed by atoms with Gasteiger partial charge in [-0.25, -0.2) is 9.18 Å². The molecule has 0 bridgehead atoms. The highest BCUT2D eigenvalue weighted by Crippen LogP contribution is 2.22. The van der Waals surface area contributed by atoms with Crippen molar-refractivity contribution in [2.75, 3.05) is 17.7 Å². The van der Waals surface area contributed by atoms with Gasteiger partial charge < -0.3 is 14.6 Å². The first-order chi connectivity index (χ1) is 14.2. The second kappa shape index (κ2) is 9.74. The maximum Gasteiger partial charge on any atom is 0.411 e. The van der Waals surface area contributed by atoms with Gasteiger partial charge in [-0.3, -0.25) is 10.1 Å². The number of anilines is 2. The number of methoxy groups -OCH3 is 1. The molecule has 0 aliphatic rings. The molecule has 1 aromatic heterocycles. The van der Waals surface area contributed by atoms with E-state index in [0.29, 0.717) is 5.92 Å². The number of rotatable bonds is 6. The van der Waals surface area contributed by atoms with Crippen molar-refractivity contribution in [3.8, 4) is 6.07 Å². The van der Waals surface area contributed by atoms with E-state index in [1.54, 1.807) is 0 Å². The number of benzene rings is 1. The van der Waals surface area contributed by atoms with Crippen LogP contribution in [0.15, 0.2) is 29.8 Å². The van der Waals surface area contributed by atoms with Crippen molar-refractivity contribution < 1.29 is 18.7 Å². The van der Waals surface area contributed by atoms with Crippen molar-refractivity contribution in [1.82, 2.24) is 4.57 Å². The summed E-state index contributed by atoms with van der Waals surface area (Å²) in [6.07, 6.45) is 0.692. The molecule has 0 atom stereocenters. The summed E-state index contributed by atoms with van der Waals surface area (Å²) in [6, 6.07) is 7.51.